The quantitative estimate of drug-likeness (QED) is 0.799. The zero-order valence-corrected chi connectivity index (χ0v) is 10.3. The zero-order chi connectivity index (χ0) is 12.0. The normalized spacial score (nSPS) is 14.8. The molecule has 2 atom stereocenters. The van der Waals surface area contributed by atoms with Crippen molar-refractivity contribution in [2.24, 2.45) is 5.73 Å². The van der Waals surface area contributed by atoms with Gasteiger partial charge in [-0.3, -0.25) is 0 Å². The van der Waals surface area contributed by atoms with Crippen LogP contribution in [0.15, 0.2) is 12.4 Å². The van der Waals surface area contributed by atoms with E-state index in [0.717, 1.165) is 24.2 Å². The van der Waals surface area contributed by atoms with Crippen molar-refractivity contribution in [3.8, 4) is 0 Å². The van der Waals surface area contributed by atoms with Crippen molar-refractivity contribution >= 4 is 0 Å². The lowest BCUT2D eigenvalue weighted by Gasteiger charge is -2.13. The van der Waals surface area contributed by atoms with Crippen LogP contribution in [0.1, 0.15) is 44.7 Å². The standard InChI is InChI=1S/C12H21N3O/c1-4-11(16-5-2)12-14-7-10(8-15-12)6-9(3)13/h7-9,11H,4-6,13H2,1-3H3. The fourth-order valence-electron chi connectivity index (χ4n) is 1.58. The number of hydrogen-bond acceptors (Lipinski definition) is 4. The van der Waals surface area contributed by atoms with E-state index < -0.39 is 0 Å². The maximum Gasteiger partial charge on any atom is 0.157 e. The lowest BCUT2D eigenvalue weighted by Crippen LogP contribution is -2.18. The number of nitrogens with zero attached hydrogens (tertiary/aromatic N) is 2. The fourth-order valence-corrected chi connectivity index (χ4v) is 1.58. The molecule has 0 aromatic carbocycles. The van der Waals surface area contributed by atoms with Gasteiger partial charge in [-0.2, -0.15) is 0 Å². The first-order valence-electron chi connectivity index (χ1n) is 5.85. The number of nitrogens with two attached hydrogens (primary N) is 1. The first kappa shape index (κ1) is 13.1. The van der Waals surface area contributed by atoms with Crippen LogP contribution in [0.3, 0.4) is 0 Å². The van der Waals surface area contributed by atoms with E-state index in [4.69, 9.17) is 10.5 Å². The van der Waals surface area contributed by atoms with Crippen molar-refractivity contribution in [2.75, 3.05) is 6.61 Å². The maximum absolute atomic E-state index is 5.72. The topological polar surface area (TPSA) is 61.0 Å². The Hall–Kier alpha value is -1.00. The van der Waals surface area contributed by atoms with Gasteiger partial charge in [0.15, 0.2) is 5.82 Å². The van der Waals surface area contributed by atoms with E-state index in [9.17, 15) is 0 Å². The van der Waals surface area contributed by atoms with Crippen molar-refractivity contribution in [1.29, 1.82) is 0 Å². The smallest absolute Gasteiger partial charge is 0.157 e. The molecule has 0 saturated heterocycles. The molecule has 0 fully saturated rings. The van der Waals surface area contributed by atoms with E-state index in [1.54, 1.807) is 0 Å². The minimum Gasteiger partial charge on any atom is -0.371 e. The predicted octanol–water partition coefficient (Wildman–Crippen LogP) is 1.85. The minimum absolute atomic E-state index is 0.00866. The van der Waals surface area contributed by atoms with Crippen LogP contribution in [-0.2, 0) is 11.2 Å². The summed E-state index contributed by atoms with van der Waals surface area (Å²) >= 11 is 0. The Bertz CT molecular complexity index is 298. The van der Waals surface area contributed by atoms with Crippen LogP contribution in [0.2, 0.25) is 0 Å². The van der Waals surface area contributed by atoms with Gasteiger partial charge in [0.05, 0.1) is 0 Å². The Morgan fingerprint density at radius 1 is 1.31 bits per heavy atom. The molecule has 0 spiro atoms. The van der Waals surface area contributed by atoms with E-state index >= 15 is 0 Å². The van der Waals surface area contributed by atoms with Gasteiger partial charge in [-0.25, -0.2) is 9.97 Å². The summed E-state index contributed by atoms with van der Waals surface area (Å²) in [6, 6.07) is 0.142. The molecule has 0 saturated carbocycles. The van der Waals surface area contributed by atoms with E-state index in [2.05, 4.69) is 16.9 Å². The van der Waals surface area contributed by atoms with Crippen molar-refractivity contribution in [2.45, 2.75) is 45.8 Å². The Balaban J connectivity index is 2.69. The summed E-state index contributed by atoms with van der Waals surface area (Å²) in [5.41, 5.74) is 6.79. The van der Waals surface area contributed by atoms with Gasteiger partial charge in [-0.15, -0.1) is 0 Å². The monoisotopic (exact) mass is 223 g/mol. The van der Waals surface area contributed by atoms with Gasteiger partial charge in [0.1, 0.15) is 6.10 Å². The molecule has 0 aliphatic heterocycles. The first-order valence-corrected chi connectivity index (χ1v) is 5.85. The highest BCUT2D eigenvalue weighted by Gasteiger charge is 2.11. The molecule has 0 aliphatic carbocycles. The minimum atomic E-state index is 0.00866. The molecular formula is C12H21N3O. The number of rotatable bonds is 6. The van der Waals surface area contributed by atoms with E-state index in [1.807, 2.05) is 26.2 Å². The van der Waals surface area contributed by atoms with Crippen molar-refractivity contribution in [3.05, 3.63) is 23.8 Å². The van der Waals surface area contributed by atoms with Crippen LogP contribution in [0, 0.1) is 0 Å². The molecule has 16 heavy (non-hydrogen) atoms. The third-order valence-corrected chi connectivity index (χ3v) is 2.31. The Labute approximate surface area is 97.2 Å². The molecule has 0 aliphatic rings. The third-order valence-electron chi connectivity index (χ3n) is 2.31. The van der Waals surface area contributed by atoms with Gasteiger partial charge in [0.25, 0.3) is 0 Å². The van der Waals surface area contributed by atoms with Gasteiger partial charge in [-0.05, 0) is 32.3 Å². The van der Waals surface area contributed by atoms with Crippen LogP contribution in [-0.4, -0.2) is 22.6 Å². The largest absolute Gasteiger partial charge is 0.371 e. The molecule has 4 heteroatoms. The summed E-state index contributed by atoms with van der Waals surface area (Å²) in [5, 5.41) is 0. The Morgan fingerprint density at radius 2 is 1.94 bits per heavy atom. The zero-order valence-electron chi connectivity index (χ0n) is 10.3. The second kappa shape index (κ2) is 6.55. The van der Waals surface area contributed by atoms with Crippen LogP contribution in [0.5, 0.6) is 0 Å². The maximum atomic E-state index is 5.72. The van der Waals surface area contributed by atoms with Gasteiger partial charge < -0.3 is 10.5 Å². The summed E-state index contributed by atoms with van der Waals surface area (Å²) in [5.74, 6) is 0.762. The van der Waals surface area contributed by atoms with Crippen LogP contribution < -0.4 is 5.73 Å². The van der Waals surface area contributed by atoms with Gasteiger partial charge in [0.2, 0.25) is 0 Å². The summed E-state index contributed by atoms with van der Waals surface area (Å²) in [6.07, 6.45) is 5.39. The van der Waals surface area contributed by atoms with Crippen LogP contribution >= 0.6 is 0 Å². The van der Waals surface area contributed by atoms with Gasteiger partial charge >= 0.3 is 0 Å². The molecule has 1 heterocycles. The van der Waals surface area contributed by atoms with E-state index in [0.29, 0.717) is 6.61 Å². The molecule has 0 amide bonds. The highest BCUT2D eigenvalue weighted by Crippen LogP contribution is 2.16. The number of hydrogen-bond donors (Lipinski definition) is 1. The van der Waals surface area contributed by atoms with E-state index in [-0.39, 0.29) is 12.1 Å². The summed E-state index contributed by atoms with van der Waals surface area (Å²) in [7, 11) is 0. The highest BCUT2D eigenvalue weighted by molar-refractivity contribution is 5.07. The lowest BCUT2D eigenvalue weighted by atomic mass is 10.1. The molecule has 4 nitrogen and oxygen atoms in total. The average molecular weight is 223 g/mol. The highest BCUT2D eigenvalue weighted by atomic mass is 16.5. The Morgan fingerprint density at radius 3 is 2.38 bits per heavy atom. The summed E-state index contributed by atoms with van der Waals surface area (Å²) in [4.78, 5) is 8.66. The van der Waals surface area contributed by atoms with Gasteiger partial charge in [-0.1, -0.05) is 6.92 Å². The van der Waals surface area contributed by atoms with Crippen molar-refractivity contribution < 1.29 is 4.74 Å². The second-order valence-electron chi connectivity index (χ2n) is 3.98. The lowest BCUT2D eigenvalue weighted by molar-refractivity contribution is 0.0534. The molecule has 0 radical (unpaired) electrons. The van der Waals surface area contributed by atoms with E-state index in [1.165, 1.54) is 0 Å². The second-order valence-corrected chi connectivity index (χ2v) is 3.98. The summed E-state index contributed by atoms with van der Waals surface area (Å²) < 4.78 is 5.55. The van der Waals surface area contributed by atoms with Crippen molar-refractivity contribution in [3.63, 3.8) is 0 Å². The molecule has 2 N–H and O–H groups in total. The molecule has 2 unspecified atom stereocenters. The molecular weight excluding hydrogens is 202 g/mol. The van der Waals surface area contributed by atoms with Crippen LogP contribution in [0.25, 0.3) is 0 Å². The first-order chi connectivity index (χ1) is 7.67. The average Bonchev–Trinajstić information content (AvgIpc) is 2.26. The predicted molar refractivity (Wildman–Crippen MR) is 64.0 cm³/mol. The summed E-state index contributed by atoms with van der Waals surface area (Å²) in [6.45, 7) is 6.71. The molecule has 0 bridgehead atoms. The SMILES string of the molecule is CCOC(CC)c1ncc(CC(C)N)cn1. The third kappa shape index (κ3) is 3.87. The molecule has 1 aromatic heterocycles. The van der Waals surface area contributed by atoms with Crippen molar-refractivity contribution in [1.82, 2.24) is 9.97 Å². The van der Waals surface area contributed by atoms with Crippen LogP contribution in [0.4, 0.5) is 0 Å². The number of aromatic nitrogens is 2. The van der Waals surface area contributed by atoms with Gasteiger partial charge in [0, 0.05) is 25.0 Å². The molecule has 90 valence electrons. The molecule has 1 rings (SSSR count). The Kier molecular flexibility index (Phi) is 5.35. The fraction of sp³-hybridized carbons (Fsp3) is 0.667. The molecule has 1 aromatic rings. The number of ether oxygens (including phenoxy) is 1.